The van der Waals surface area contributed by atoms with E-state index in [4.69, 9.17) is 9.78 Å². The van der Waals surface area contributed by atoms with E-state index < -0.39 is 0 Å². The Morgan fingerprint density at radius 2 is 2.04 bits per heavy atom. The first-order chi connectivity index (χ1) is 11.8. The zero-order chi connectivity index (χ0) is 16.8. The molecule has 5 nitrogen and oxygen atoms in total. The van der Waals surface area contributed by atoms with Gasteiger partial charge in [0, 0.05) is 12.1 Å². The predicted molar refractivity (Wildman–Crippen MR) is 91.1 cm³/mol. The lowest BCUT2D eigenvalue weighted by Crippen LogP contribution is -2.14. The Morgan fingerprint density at radius 1 is 1.21 bits per heavy atom. The van der Waals surface area contributed by atoms with Gasteiger partial charge in [-0.1, -0.05) is 37.8 Å². The SMILES string of the molecule is CCCCCC1CCC(c2noc(-c3ccc(C#N)nc3)n2)CC1. The minimum absolute atomic E-state index is 0.389. The number of aromatic nitrogens is 3. The average Bonchev–Trinajstić information content (AvgIpc) is 3.13. The number of hydrogen-bond donors (Lipinski definition) is 0. The molecular formula is C19H24N4O. The van der Waals surface area contributed by atoms with Crippen molar-refractivity contribution in [3.8, 4) is 17.5 Å². The molecule has 2 aromatic heterocycles. The van der Waals surface area contributed by atoms with Crippen LogP contribution < -0.4 is 0 Å². The normalized spacial score (nSPS) is 20.7. The highest BCUT2D eigenvalue weighted by Crippen LogP contribution is 2.37. The molecule has 0 bridgehead atoms. The van der Waals surface area contributed by atoms with Gasteiger partial charge in [0.05, 0.1) is 5.56 Å². The molecule has 24 heavy (non-hydrogen) atoms. The van der Waals surface area contributed by atoms with E-state index in [1.807, 2.05) is 6.07 Å². The lowest BCUT2D eigenvalue weighted by Gasteiger charge is -2.26. The predicted octanol–water partition coefficient (Wildman–Crippen LogP) is 4.86. The van der Waals surface area contributed by atoms with Crippen molar-refractivity contribution < 1.29 is 4.52 Å². The van der Waals surface area contributed by atoms with E-state index >= 15 is 0 Å². The molecule has 0 unspecified atom stereocenters. The first-order valence-corrected chi connectivity index (χ1v) is 9.00. The fourth-order valence-corrected chi connectivity index (χ4v) is 3.50. The van der Waals surface area contributed by atoms with E-state index in [1.54, 1.807) is 18.3 Å². The molecule has 126 valence electrons. The van der Waals surface area contributed by atoms with Gasteiger partial charge in [-0.3, -0.25) is 0 Å². The Bertz CT molecular complexity index is 678. The molecular weight excluding hydrogens is 300 g/mol. The largest absolute Gasteiger partial charge is 0.334 e. The van der Waals surface area contributed by atoms with Crippen LogP contribution in [-0.2, 0) is 0 Å². The smallest absolute Gasteiger partial charge is 0.259 e. The second-order valence-electron chi connectivity index (χ2n) is 6.72. The van der Waals surface area contributed by atoms with E-state index in [0.29, 0.717) is 17.5 Å². The fraction of sp³-hybridized carbons (Fsp3) is 0.579. The molecule has 2 heterocycles. The quantitative estimate of drug-likeness (QED) is 0.709. The summed E-state index contributed by atoms with van der Waals surface area (Å²) in [5.74, 6) is 2.60. The molecule has 5 heteroatoms. The maximum absolute atomic E-state index is 8.80. The molecule has 1 aliphatic carbocycles. The summed E-state index contributed by atoms with van der Waals surface area (Å²) in [7, 11) is 0. The number of hydrogen-bond acceptors (Lipinski definition) is 5. The van der Waals surface area contributed by atoms with Gasteiger partial charge < -0.3 is 4.52 Å². The molecule has 0 aromatic carbocycles. The van der Waals surface area contributed by atoms with Gasteiger partial charge in [-0.25, -0.2) is 4.98 Å². The minimum atomic E-state index is 0.389. The standard InChI is InChI=1S/C19H24N4O/c1-2-3-4-5-14-6-8-15(9-7-14)18-22-19(24-23-18)16-10-11-17(12-20)21-13-16/h10-11,13-15H,2-9H2,1H3. The summed E-state index contributed by atoms with van der Waals surface area (Å²) in [5, 5.41) is 13.0. The molecule has 0 saturated heterocycles. The van der Waals surface area contributed by atoms with Crippen LogP contribution >= 0.6 is 0 Å². The van der Waals surface area contributed by atoms with Crippen LogP contribution in [0.5, 0.6) is 0 Å². The summed E-state index contributed by atoms with van der Waals surface area (Å²) in [6, 6.07) is 5.47. The molecule has 0 N–H and O–H groups in total. The van der Waals surface area contributed by atoms with Crippen molar-refractivity contribution in [3.63, 3.8) is 0 Å². The molecule has 0 amide bonds. The molecule has 0 spiro atoms. The van der Waals surface area contributed by atoms with Crippen LogP contribution in [0.15, 0.2) is 22.9 Å². The first-order valence-electron chi connectivity index (χ1n) is 9.00. The zero-order valence-corrected chi connectivity index (χ0v) is 14.2. The van der Waals surface area contributed by atoms with Crippen LogP contribution in [0.1, 0.15) is 75.7 Å². The molecule has 3 rings (SSSR count). The maximum atomic E-state index is 8.80. The third-order valence-electron chi connectivity index (χ3n) is 4.99. The molecule has 1 saturated carbocycles. The summed E-state index contributed by atoms with van der Waals surface area (Å²) < 4.78 is 5.40. The fourth-order valence-electron chi connectivity index (χ4n) is 3.50. The van der Waals surface area contributed by atoms with Crippen molar-refractivity contribution in [2.45, 2.75) is 64.2 Å². The highest BCUT2D eigenvalue weighted by atomic mass is 16.5. The van der Waals surface area contributed by atoms with Gasteiger partial charge in [0.1, 0.15) is 11.8 Å². The van der Waals surface area contributed by atoms with Crippen LogP contribution in [0.25, 0.3) is 11.5 Å². The highest BCUT2D eigenvalue weighted by Gasteiger charge is 2.25. The monoisotopic (exact) mass is 324 g/mol. The molecule has 1 fully saturated rings. The summed E-state index contributed by atoms with van der Waals surface area (Å²) in [6.07, 6.45) is 11.9. The van der Waals surface area contributed by atoms with Crippen molar-refractivity contribution in [3.05, 3.63) is 29.8 Å². The van der Waals surface area contributed by atoms with Gasteiger partial charge in [0.25, 0.3) is 5.89 Å². The summed E-state index contributed by atoms with van der Waals surface area (Å²) in [5.41, 5.74) is 1.15. The average molecular weight is 324 g/mol. The number of pyridine rings is 1. The lowest BCUT2D eigenvalue weighted by atomic mass is 9.79. The van der Waals surface area contributed by atoms with E-state index in [1.165, 1.54) is 38.5 Å². The van der Waals surface area contributed by atoms with Crippen LogP contribution in [0, 0.1) is 17.2 Å². The Labute approximate surface area is 143 Å². The lowest BCUT2D eigenvalue weighted by molar-refractivity contribution is 0.292. The van der Waals surface area contributed by atoms with E-state index in [0.717, 1.165) is 30.1 Å². The van der Waals surface area contributed by atoms with Crippen LogP contribution in [0.2, 0.25) is 0 Å². The van der Waals surface area contributed by atoms with Crippen LogP contribution in [-0.4, -0.2) is 15.1 Å². The Balaban J connectivity index is 1.57. The van der Waals surface area contributed by atoms with Gasteiger partial charge in [-0.15, -0.1) is 0 Å². The Morgan fingerprint density at radius 3 is 2.71 bits per heavy atom. The third kappa shape index (κ3) is 4.00. The van der Waals surface area contributed by atoms with Gasteiger partial charge >= 0.3 is 0 Å². The number of rotatable bonds is 6. The van der Waals surface area contributed by atoms with Crippen LogP contribution in [0.4, 0.5) is 0 Å². The number of unbranched alkanes of at least 4 members (excludes halogenated alkanes) is 2. The van der Waals surface area contributed by atoms with Gasteiger partial charge in [-0.2, -0.15) is 10.2 Å². The van der Waals surface area contributed by atoms with E-state index in [9.17, 15) is 0 Å². The van der Waals surface area contributed by atoms with E-state index in [-0.39, 0.29) is 0 Å². The molecule has 0 aliphatic heterocycles. The Hall–Kier alpha value is -2.22. The second-order valence-corrected chi connectivity index (χ2v) is 6.72. The summed E-state index contributed by atoms with van der Waals surface area (Å²) in [6.45, 7) is 2.26. The zero-order valence-electron chi connectivity index (χ0n) is 14.2. The molecule has 1 aliphatic rings. The second kappa shape index (κ2) is 8.05. The van der Waals surface area contributed by atoms with Gasteiger partial charge in [-0.05, 0) is 43.7 Å². The van der Waals surface area contributed by atoms with Gasteiger partial charge in [0.2, 0.25) is 0 Å². The van der Waals surface area contributed by atoms with Gasteiger partial charge in [0.15, 0.2) is 5.82 Å². The summed E-state index contributed by atoms with van der Waals surface area (Å²) in [4.78, 5) is 8.61. The Kier molecular flexibility index (Phi) is 5.58. The molecule has 2 aromatic rings. The highest BCUT2D eigenvalue weighted by molar-refractivity contribution is 5.51. The van der Waals surface area contributed by atoms with Crippen molar-refractivity contribution >= 4 is 0 Å². The van der Waals surface area contributed by atoms with Crippen LogP contribution in [0.3, 0.4) is 0 Å². The van der Waals surface area contributed by atoms with Crippen molar-refractivity contribution in [2.75, 3.05) is 0 Å². The van der Waals surface area contributed by atoms with E-state index in [2.05, 4.69) is 22.0 Å². The van der Waals surface area contributed by atoms with Crippen molar-refractivity contribution in [1.29, 1.82) is 5.26 Å². The molecule has 0 radical (unpaired) electrons. The molecule has 0 atom stereocenters. The third-order valence-corrected chi connectivity index (χ3v) is 4.99. The van der Waals surface area contributed by atoms with Crippen molar-refractivity contribution in [1.82, 2.24) is 15.1 Å². The number of nitrogens with zero attached hydrogens (tertiary/aromatic N) is 4. The minimum Gasteiger partial charge on any atom is -0.334 e. The first kappa shape index (κ1) is 16.6. The van der Waals surface area contributed by atoms with Crippen molar-refractivity contribution in [2.24, 2.45) is 5.92 Å². The topological polar surface area (TPSA) is 75.6 Å². The maximum Gasteiger partial charge on any atom is 0.259 e. The summed E-state index contributed by atoms with van der Waals surface area (Å²) >= 11 is 0. The number of nitriles is 1.